The average Bonchev–Trinajstić information content (AvgIpc) is 2.91. The van der Waals surface area contributed by atoms with E-state index in [0.29, 0.717) is 18.8 Å². The summed E-state index contributed by atoms with van der Waals surface area (Å²) >= 11 is 0. The van der Waals surface area contributed by atoms with Gasteiger partial charge < -0.3 is 19.7 Å². The van der Waals surface area contributed by atoms with E-state index in [1.807, 2.05) is 44.2 Å². The number of anilines is 1. The zero-order chi connectivity index (χ0) is 18.1. The largest absolute Gasteiger partial charge is 0.483 e. The number of carbonyl (C=O) groups is 1. The van der Waals surface area contributed by atoms with Crippen LogP contribution in [0.1, 0.15) is 19.4 Å². The van der Waals surface area contributed by atoms with Crippen LogP contribution in [0.4, 0.5) is 5.82 Å². The van der Waals surface area contributed by atoms with E-state index in [1.54, 1.807) is 11.1 Å². The second-order valence-electron chi connectivity index (χ2n) is 7.32. The van der Waals surface area contributed by atoms with Crippen molar-refractivity contribution >= 4 is 11.7 Å². The minimum Gasteiger partial charge on any atom is -0.483 e. The molecule has 0 bridgehead atoms. The van der Waals surface area contributed by atoms with E-state index in [0.717, 1.165) is 23.6 Å². The molecule has 1 amide bonds. The molecule has 26 heavy (non-hydrogen) atoms. The predicted molar refractivity (Wildman–Crippen MR) is 96.4 cm³/mol. The zero-order valence-corrected chi connectivity index (χ0v) is 14.9. The summed E-state index contributed by atoms with van der Waals surface area (Å²) in [6.07, 6.45) is 2.47. The van der Waals surface area contributed by atoms with Gasteiger partial charge in [0.25, 0.3) is 5.91 Å². The number of nitrogens with one attached hydrogen (secondary N) is 1. The van der Waals surface area contributed by atoms with Crippen LogP contribution in [0.5, 0.6) is 11.5 Å². The van der Waals surface area contributed by atoms with Gasteiger partial charge in [0.05, 0.1) is 6.04 Å². The summed E-state index contributed by atoms with van der Waals surface area (Å²) in [5, 5.41) is 11.1. The van der Waals surface area contributed by atoms with Crippen LogP contribution in [0, 0.1) is 0 Å². The normalized spacial score (nSPS) is 17.8. The third-order valence-corrected chi connectivity index (χ3v) is 4.56. The van der Waals surface area contributed by atoms with E-state index in [2.05, 4.69) is 15.5 Å². The molecule has 1 saturated heterocycles. The monoisotopic (exact) mass is 354 g/mol. The maximum atomic E-state index is 12.3. The fraction of sp³-hybridized carbons (Fsp3) is 0.421. The molecule has 3 heterocycles. The van der Waals surface area contributed by atoms with E-state index in [-0.39, 0.29) is 24.2 Å². The summed E-state index contributed by atoms with van der Waals surface area (Å²) in [6, 6.07) is 9.71. The summed E-state index contributed by atoms with van der Waals surface area (Å²) in [4.78, 5) is 14.1. The number of para-hydroxylation sites is 1. The number of hydrogen-bond donors (Lipinski definition) is 1. The number of rotatable bonds is 5. The van der Waals surface area contributed by atoms with Crippen LogP contribution in [0.25, 0.3) is 0 Å². The van der Waals surface area contributed by atoms with Crippen molar-refractivity contribution in [1.29, 1.82) is 0 Å². The molecule has 0 aliphatic carbocycles. The first-order valence-corrected chi connectivity index (χ1v) is 8.76. The summed E-state index contributed by atoms with van der Waals surface area (Å²) in [6.45, 7) is 5.38. The van der Waals surface area contributed by atoms with Crippen LogP contribution in [0.2, 0.25) is 0 Å². The summed E-state index contributed by atoms with van der Waals surface area (Å²) in [7, 11) is 0. The molecule has 0 unspecified atom stereocenters. The Labute approximate surface area is 152 Å². The average molecular weight is 354 g/mol. The standard InChI is InChI=1S/C19H22N4O3/c1-19(2)9-13-5-3-6-15(18(13)26-19)25-12-17(24)23-10-14(11-23)21-16-7-4-8-20-22-16/h3-8,14H,9-12H2,1-2H3,(H,21,22). The summed E-state index contributed by atoms with van der Waals surface area (Å²) < 4.78 is 11.7. The lowest BCUT2D eigenvalue weighted by molar-refractivity contribution is -0.137. The number of amides is 1. The van der Waals surface area contributed by atoms with Crippen LogP contribution in [0.15, 0.2) is 36.5 Å². The Hall–Kier alpha value is -2.83. The van der Waals surface area contributed by atoms with E-state index < -0.39 is 0 Å². The molecule has 1 aromatic heterocycles. The smallest absolute Gasteiger partial charge is 0.260 e. The van der Waals surface area contributed by atoms with Crippen LogP contribution < -0.4 is 14.8 Å². The number of ether oxygens (including phenoxy) is 2. The molecule has 0 spiro atoms. The van der Waals surface area contributed by atoms with Gasteiger partial charge in [-0.15, -0.1) is 5.10 Å². The number of nitrogens with zero attached hydrogens (tertiary/aromatic N) is 3. The maximum absolute atomic E-state index is 12.3. The van der Waals surface area contributed by atoms with Gasteiger partial charge in [0.15, 0.2) is 18.1 Å². The SMILES string of the molecule is CC1(C)Cc2cccc(OCC(=O)N3CC(Nc4cccnn4)C3)c2O1. The molecule has 1 fully saturated rings. The van der Waals surface area contributed by atoms with Gasteiger partial charge >= 0.3 is 0 Å². The van der Waals surface area contributed by atoms with Crippen molar-refractivity contribution in [1.82, 2.24) is 15.1 Å². The number of benzene rings is 1. The maximum Gasteiger partial charge on any atom is 0.260 e. The molecule has 0 atom stereocenters. The second-order valence-corrected chi connectivity index (χ2v) is 7.32. The first-order chi connectivity index (χ1) is 12.5. The van der Waals surface area contributed by atoms with Gasteiger partial charge in [-0.25, -0.2) is 0 Å². The Kier molecular flexibility index (Phi) is 4.14. The Morgan fingerprint density at radius 1 is 1.35 bits per heavy atom. The number of hydrogen-bond acceptors (Lipinski definition) is 6. The lowest BCUT2D eigenvalue weighted by Gasteiger charge is -2.39. The highest BCUT2D eigenvalue weighted by Gasteiger charge is 2.34. The van der Waals surface area contributed by atoms with E-state index in [9.17, 15) is 4.79 Å². The van der Waals surface area contributed by atoms with Crippen molar-refractivity contribution in [2.45, 2.75) is 31.9 Å². The molecule has 7 heteroatoms. The van der Waals surface area contributed by atoms with E-state index >= 15 is 0 Å². The third-order valence-electron chi connectivity index (χ3n) is 4.56. The first-order valence-electron chi connectivity index (χ1n) is 8.76. The number of likely N-dealkylation sites (tertiary alicyclic amines) is 1. The van der Waals surface area contributed by atoms with Gasteiger partial charge in [-0.2, -0.15) is 5.10 Å². The quantitative estimate of drug-likeness (QED) is 0.884. The second kappa shape index (κ2) is 6.48. The Balaban J connectivity index is 1.28. The van der Waals surface area contributed by atoms with Crippen molar-refractivity contribution < 1.29 is 14.3 Å². The topological polar surface area (TPSA) is 76.6 Å². The molecule has 2 aliphatic heterocycles. The van der Waals surface area contributed by atoms with Gasteiger partial charge in [0.1, 0.15) is 11.4 Å². The molecular formula is C19H22N4O3. The van der Waals surface area contributed by atoms with Gasteiger partial charge in [0, 0.05) is 31.3 Å². The zero-order valence-electron chi connectivity index (χ0n) is 14.9. The number of carbonyl (C=O) groups excluding carboxylic acids is 1. The van der Waals surface area contributed by atoms with Gasteiger partial charge in [-0.05, 0) is 32.0 Å². The van der Waals surface area contributed by atoms with Crippen molar-refractivity contribution in [3.05, 3.63) is 42.1 Å². The molecule has 136 valence electrons. The first kappa shape index (κ1) is 16.6. The molecule has 2 aliphatic rings. The summed E-state index contributed by atoms with van der Waals surface area (Å²) in [5.41, 5.74) is 0.889. The van der Waals surface area contributed by atoms with Crippen molar-refractivity contribution in [3.63, 3.8) is 0 Å². The van der Waals surface area contributed by atoms with E-state index in [1.165, 1.54) is 0 Å². The van der Waals surface area contributed by atoms with E-state index in [4.69, 9.17) is 9.47 Å². The molecule has 2 aromatic rings. The van der Waals surface area contributed by atoms with Crippen LogP contribution in [-0.2, 0) is 11.2 Å². The number of fused-ring (bicyclic) bond motifs is 1. The highest BCUT2D eigenvalue weighted by Crippen LogP contribution is 2.41. The van der Waals surface area contributed by atoms with Gasteiger partial charge in [-0.1, -0.05) is 12.1 Å². The molecular weight excluding hydrogens is 332 g/mol. The fourth-order valence-corrected chi connectivity index (χ4v) is 3.29. The van der Waals surface area contributed by atoms with Crippen molar-refractivity contribution in [3.8, 4) is 11.5 Å². The minimum atomic E-state index is -0.234. The van der Waals surface area contributed by atoms with Crippen LogP contribution in [-0.4, -0.2) is 52.3 Å². The van der Waals surface area contributed by atoms with Crippen LogP contribution >= 0.6 is 0 Å². The fourth-order valence-electron chi connectivity index (χ4n) is 3.29. The van der Waals surface area contributed by atoms with Crippen LogP contribution in [0.3, 0.4) is 0 Å². The highest BCUT2D eigenvalue weighted by atomic mass is 16.5. The van der Waals surface area contributed by atoms with Gasteiger partial charge in [-0.3, -0.25) is 4.79 Å². The lowest BCUT2D eigenvalue weighted by Crippen LogP contribution is -2.58. The van der Waals surface area contributed by atoms with Crippen molar-refractivity contribution in [2.75, 3.05) is 25.0 Å². The lowest BCUT2D eigenvalue weighted by atomic mass is 10.0. The molecule has 1 aromatic carbocycles. The van der Waals surface area contributed by atoms with Crippen molar-refractivity contribution in [2.24, 2.45) is 0 Å². The molecule has 1 N–H and O–H groups in total. The summed E-state index contributed by atoms with van der Waals surface area (Å²) in [5.74, 6) is 2.09. The number of aromatic nitrogens is 2. The van der Waals surface area contributed by atoms with Gasteiger partial charge in [0.2, 0.25) is 0 Å². The minimum absolute atomic E-state index is 0.0120. The third kappa shape index (κ3) is 3.42. The Bertz CT molecular complexity index is 804. The molecule has 0 saturated carbocycles. The Morgan fingerprint density at radius 2 is 2.19 bits per heavy atom. The highest BCUT2D eigenvalue weighted by molar-refractivity contribution is 5.79. The molecule has 7 nitrogen and oxygen atoms in total. The molecule has 4 rings (SSSR count). The predicted octanol–water partition coefficient (Wildman–Crippen LogP) is 1.89. The Morgan fingerprint density at radius 3 is 2.96 bits per heavy atom. The molecule has 0 radical (unpaired) electrons.